The van der Waals surface area contributed by atoms with Gasteiger partial charge >= 0.3 is 0 Å². The van der Waals surface area contributed by atoms with Crippen LogP contribution in [0.3, 0.4) is 0 Å². The first-order valence-electron chi connectivity index (χ1n) is 6.87. The maximum Gasteiger partial charge on any atom is 0.119 e. The fourth-order valence-corrected chi connectivity index (χ4v) is 1.73. The first-order valence-corrected chi connectivity index (χ1v) is 6.87. The fourth-order valence-electron chi connectivity index (χ4n) is 1.73. The lowest BCUT2D eigenvalue weighted by Crippen LogP contribution is -2.29. The first-order chi connectivity index (χ1) is 9.11. The topological polar surface area (TPSA) is 41.7 Å². The molecule has 0 amide bonds. The monoisotopic (exact) mass is 265 g/mol. The number of nitrogens with two attached hydrogens (primary N) is 1. The van der Waals surface area contributed by atoms with E-state index in [-0.39, 0.29) is 0 Å². The van der Waals surface area contributed by atoms with Gasteiger partial charge in [0.25, 0.3) is 0 Å². The van der Waals surface area contributed by atoms with Gasteiger partial charge in [0.05, 0.1) is 6.61 Å². The molecule has 0 fully saturated rings. The van der Waals surface area contributed by atoms with Crippen LogP contribution in [0.15, 0.2) is 24.3 Å². The number of nitrogens with zero attached hydrogens (tertiary/aromatic N) is 2. The molecule has 1 rings (SSSR count). The van der Waals surface area contributed by atoms with E-state index < -0.39 is 0 Å². The van der Waals surface area contributed by atoms with Crippen molar-refractivity contribution in [2.45, 2.75) is 13.0 Å². The van der Waals surface area contributed by atoms with Crippen LogP contribution < -0.4 is 10.5 Å². The molecule has 0 aliphatic rings. The van der Waals surface area contributed by atoms with E-state index in [1.807, 2.05) is 24.3 Å². The highest BCUT2D eigenvalue weighted by Crippen LogP contribution is 2.11. The highest BCUT2D eigenvalue weighted by atomic mass is 16.5. The molecule has 4 heteroatoms. The Kier molecular flexibility index (Phi) is 7.48. The lowest BCUT2D eigenvalue weighted by atomic mass is 10.2. The summed E-state index contributed by atoms with van der Waals surface area (Å²) in [5.41, 5.74) is 6.69. The van der Waals surface area contributed by atoms with Gasteiger partial charge in [-0.1, -0.05) is 12.1 Å². The summed E-state index contributed by atoms with van der Waals surface area (Å²) >= 11 is 0. The molecular formula is C15H27N3O. The minimum absolute atomic E-state index is 0.580. The SMILES string of the molecule is CN(C)CCN(C)CCCOc1ccc(CN)cc1. The molecule has 4 nitrogen and oxygen atoms in total. The Morgan fingerprint density at radius 1 is 1.00 bits per heavy atom. The van der Waals surface area contributed by atoms with E-state index >= 15 is 0 Å². The van der Waals surface area contributed by atoms with E-state index in [9.17, 15) is 0 Å². The minimum Gasteiger partial charge on any atom is -0.494 e. The normalized spacial score (nSPS) is 11.3. The van der Waals surface area contributed by atoms with Crippen LogP contribution in [0.1, 0.15) is 12.0 Å². The van der Waals surface area contributed by atoms with Gasteiger partial charge in [-0.2, -0.15) is 0 Å². The van der Waals surface area contributed by atoms with Crippen molar-refractivity contribution in [3.05, 3.63) is 29.8 Å². The number of benzene rings is 1. The molecule has 0 atom stereocenters. The minimum atomic E-state index is 0.580. The third kappa shape index (κ3) is 7.15. The molecule has 0 saturated heterocycles. The summed E-state index contributed by atoms with van der Waals surface area (Å²) in [5.74, 6) is 0.924. The maximum atomic E-state index is 5.70. The molecule has 0 bridgehead atoms. The maximum absolute atomic E-state index is 5.70. The van der Waals surface area contributed by atoms with Gasteiger partial charge in [0.15, 0.2) is 0 Å². The van der Waals surface area contributed by atoms with Crippen LogP contribution in [0, 0.1) is 0 Å². The van der Waals surface area contributed by atoms with Crippen LogP contribution in [0.25, 0.3) is 0 Å². The number of hydrogen-bond donors (Lipinski definition) is 1. The Balaban J connectivity index is 2.12. The van der Waals surface area contributed by atoms with E-state index in [2.05, 4.69) is 30.9 Å². The van der Waals surface area contributed by atoms with Crippen LogP contribution in [-0.2, 0) is 6.54 Å². The van der Waals surface area contributed by atoms with Gasteiger partial charge < -0.3 is 20.3 Å². The Hall–Kier alpha value is -1.10. The second kappa shape index (κ2) is 8.91. The van der Waals surface area contributed by atoms with E-state index in [4.69, 9.17) is 10.5 Å². The van der Waals surface area contributed by atoms with Gasteiger partial charge in [-0.25, -0.2) is 0 Å². The molecular weight excluding hydrogens is 238 g/mol. The Morgan fingerprint density at radius 3 is 2.26 bits per heavy atom. The zero-order valence-corrected chi connectivity index (χ0v) is 12.4. The van der Waals surface area contributed by atoms with Crippen molar-refractivity contribution >= 4 is 0 Å². The molecule has 0 aliphatic heterocycles. The van der Waals surface area contributed by atoms with Gasteiger partial charge in [-0.15, -0.1) is 0 Å². The van der Waals surface area contributed by atoms with E-state index in [1.165, 1.54) is 0 Å². The summed E-state index contributed by atoms with van der Waals surface area (Å²) in [6.07, 6.45) is 1.04. The summed E-state index contributed by atoms with van der Waals surface area (Å²) in [6.45, 7) is 4.59. The highest BCUT2D eigenvalue weighted by molar-refractivity contribution is 5.26. The van der Waals surface area contributed by atoms with E-state index in [0.717, 1.165) is 44.0 Å². The molecule has 0 spiro atoms. The molecule has 108 valence electrons. The Morgan fingerprint density at radius 2 is 1.68 bits per heavy atom. The van der Waals surface area contributed by atoms with Crippen LogP contribution in [0.5, 0.6) is 5.75 Å². The molecule has 0 aliphatic carbocycles. The van der Waals surface area contributed by atoms with Crippen molar-refractivity contribution in [3.8, 4) is 5.75 Å². The average molecular weight is 265 g/mol. The zero-order valence-electron chi connectivity index (χ0n) is 12.4. The van der Waals surface area contributed by atoms with Crippen LogP contribution >= 0.6 is 0 Å². The molecule has 0 saturated carbocycles. The molecule has 19 heavy (non-hydrogen) atoms. The summed E-state index contributed by atoms with van der Waals surface area (Å²) in [5, 5.41) is 0. The van der Waals surface area contributed by atoms with Crippen molar-refractivity contribution in [2.24, 2.45) is 5.73 Å². The predicted molar refractivity (Wildman–Crippen MR) is 80.5 cm³/mol. The third-order valence-electron chi connectivity index (χ3n) is 3.04. The molecule has 2 N–H and O–H groups in total. The van der Waals surface area contributed by atoms with Crippen molar-refractivity contribution in [1.82, 2.24) is 9.80 Å². The van der Waals surface area contributed by atoms with Crippen LogP contribution in [0.2, 0.25) is 0 Å². The number of rotatable bonds is 9. The standard InChI is InChI=1S/C15H27N3O/c1-17(2)10-11-18(3)9-4-12-19-15-7-5-14(13-16)6-8-15/h5-8H,4,9-13,16H2,1-3H3. The highest BCUT2D eigenvalue weighted by Gasteiger charge is 2.00. The quantitative estimate of drug-likeness (QED) is 0.686. The van der Waals surface area contributed by atoms with Crippen molar-refractivity contribution < 1.29 is 4.74 Å². The summed E-state index contributed by atoms with van der Waals surface area (Å²) in [7, 11) is 6.35. The summed E-state index contributed by atoms with van der Waals surface area (Å²) in [6, 6.07) is 7.99. The van der Waals surface area contributed by atoms with Crippen molar-refractivity contribution in [2.75, 3.05) is 47.4 Å². The largest absolute Gasteiger partial charge is 0.494 e. The Bertz CT molecular complexity index is 338. The van der Waals surface area contributed by atoms with Gasteiger partial charge in [0.1, 0.15) is 5.75 Å². The Labute approximate surface area is 117 Å². The van der Waals surface area contributed by atoms with Gasteiger partial charge in [0.2, 0.25) is 0 Å². The zero-order chi connectivity index (χ0) is 14.1. The molecule has 0 unspecified atom stereocenters. The van der Waals surface area contributed by atoms with Crippen molar-refractivity contribution in [3.63, 3.8) is 0 Å². The number of likely N-dealkylation sites (N-methyl/N-ethyl adjacent to an activating group) is 2. The molecule has 1 aromatic carbocycles. The third-order valence-corrected chi connectivity index (χ3v) is 3.04. The van der Waals surface area contributed by atoms with E-state index in [0.29, 0.717) is 6.54 Å². The average Bonchev–Trinajstić information content (AvgIpc) is 2.42. The summed E-state index contributed by atoms with van der Waals surface area (Å²) < 4.78 is 5.70. The smallest absolute Gasteiger partial charge is 0.119 e. The van der Waals surface area contributed by atoms with Gasteiger partial charge in [-0.3, -0.25) is 0 Å². The molecule has 0 radical (unpaired) electrons. The summed E-state index contributed by atoms with van der Waals surface area (Å²) in [4.78, 5) is 4.53. The second-order valence-corrected chi connectivity index (χ2v) is 5.16. The fraction of sp³-hybridized carbons (Fsp3) is 0.600. The molecule has 0 aromatic heterocycles. The van der Waals surface area contributed by atoms with Crippen LogP contribution in [0.4, 0.5) is 0 Å². The first kappa shape index (κ1) is 16.0. The molecule has 1 aromatic rings. The van der Waals surface area contributed by atoms with Gasteiger partial charge in [0, 0.05) is 26.2 Å². The van der Waals surface area contributed by atoms with Crippen molar-refractivity contribution in [1.29, 1.82) is 0 Å². The predicted octanol–water partition coefficient (Wildman–Crippen LogP) is 1.41. The number of ether oxygens (including phenoxy) is 1. The van der Waals surface area contributed by atoms with Gasteiger partial charge in [-0.05, 0) is 45.3 Å². The van der Waals surface area contributed by atoms with E-state index in [1.54, 1.807) is 0 Å². The van der Waals surface area contributed by atoms with Crippen LogP contribution in [-0.4, -0.2) is 57.2 Å². The number of hydrogen-bond acceptors (Lipinski definition) is 4. The lowest BCUT2D eigenvalue weighted by Gasteiger charge is -2.19. The molecule has 0 heterocycles. The lowest BCUT2D eigenvalue weighted by molar-refractivity contribution is 0.245. The second-order valence-electron chi connectivity index (χ2n) is 5.16.